The van der Waals surface area contributed by atoms with Crippen LogP contribution in [0.2, 0.25) is 0 Å². The summed E-state index contributed by atoms with van der Waals surface area (Å²) >= 11 is 0. The fourth-order valence-corrected chi connectivity index (χ4v) is 8.25. The Morgan fingerprint density at radius 1 is 0.281 bits per heavy atom. The zero-order valence-corrected chi connectivity index (χ0v) is 30.3. The molecule has 0 N–H and O–H groups in total. The minimum atomic E-state index is 0.540. The van der Waals surface area contributed by atoms with Gasteiger partial charge in [0.15, 0.2) is 17.5 Å². The summed E-state index contributed by atoms with van der Waals surface area (Å²) in [5, 5.41) is 6.37. The van der Waals surface area contributed by atoms with E-state index in [-0.39, 0.29) is 0 Å². The predicted molar refractivity (Wildman–Crippen MR) is 229 cm³/mol. The third-order valence-electron chi connectivity index (χ3n) is 10.9. The van der Waals surface area contributed by atoms with Crippen molar-refractivity contribution in [1.29, 1.82) is 0 Å². The highest BCUT2D eigenvalue weighted by Crippen LogP contribution is 2.40. The number of furan rings is 3. The summed E-state index contributed by atoms with van der Waals surface area (Å²) in [4.78, 5) is 15.4. The number of rotatable bonds is 5. The molecule has 12 aromatic rings. The molecule has 12 rings (SSSR count). The largest absolute Gasteiger partial charge is 0.456 e. The normalized spacial score (nSPS) is 11.9. The molecular formula is C51H29N3O3. The lowest BCUT2D eigenvalue weighted by molar-refractivity contribution is 0.668. The quantitative estimate of drug-likeness (QED) is 0.175. The van der Waals surface area contributed by atoms with Crippen LogP contribution in [0.15, 0.2) is 189 Å². The Hall–Kier alpha value is -7.83. The van der Waals surface area contributed by atoms with Gasteiger partial charge in [-0.2, -0.15) is 0 Å². The maximum atomic E-state index is 6.64. The maximum absolute atomic E-state index is 6.64. The van der Waals surface area contributed by atoms with E-state index in [4.69, 9.17) is 28.2 Å². The summed E-state index contributed by atoms with van der Waals surface area (Å²) in [6, 6.07) is 59.8. The summed E-state index contributed by atoms with van der Waals surface area (Å²) in [5.74, 6) is 1.64. The summed E-state index contributed by atoms with van der Waals surface area (Å²) in [7, 11) is 0. The van der Waals surface area contributed by atoms with Crippen LogP contribution in [0.3, 0.4) is 0 Å². The molecule has 0 bridgehead atoms. The highest BCUT2D eigenvalue weighted by Gasteiger charge is 2.19. The molecule has 0 atom stereocenters. The van der Waals surface area contributed by atoms with Gasteiger partial charge >= 0.3 is 0 Å². The molecule has 0 saturated carbocycles. The van der Waals surface area contributed by atoms with Gasteiger partial charge in [0.2, 0.25) is 0 Å². The number of nitrogens with zero attached hydrogens (tertiary/aromatic N) is 3. The van der Waals surface area contributed by atoms with E-state index in [1.54, 1.807) is 0 Å². The van der Waals surface area contributed by atoms with Crippen molar-refractivity contribution in [2.75, 3.05) is 0 Å². The Kier molecular flexibility index (Phi) is 6.83. The smallest absolute Gasteiger partial charge is 0.164 e. The Morgan fingerprint density at radius 2 is 0.772 bits per heavy atom. The zero-order valence-electron chi connectivity index (χ0n) is 30.3. The molecule has 0 amide bonds. The zero-order chi connectivity index (χ0) is 37.5. The SMILES string of the molecule is c1ccc(-c2cccc3c2oc2cc(-c4nc(-c5cccc(-c6cccc7oc8ccccc8c67)c5)nc(-c5ccc6c(c5)oc5ccccc56)n4)ccc23)cc1. The standard InChI is InChI=1S/C51H29N3O3/c1-2-11-30(12-3-1)36-18-9-19-40-39-26-24-34(29-46(39)57-48(36)40)51-53-49(52-50(54-51)33-23-25-38-37-15-4-6-20-42(37)56-45(38)28-33)32-14-8-13-31(27-32)35-17-10-22-44-47(35)41-16-5-7-21-43(41)55-44/h1-29H. The average Bonchev–Trinajstić information content (AvgIpc) is 3.97. The molecule has 8 aromatic carbocycles. The fourth-order valence-electron chi connectivity index (χ4n) is 8.25. The van der Waals surface area contributed by atoms with Crippen molar-refractivity contribution < 1.29 is 13.3 Å². The van der Waals surface area contributed by atoms with Crippen LogP contribution in [-0.4, -0.2) is 15.0 Å². The molecule has 0 fully saturated rings. The van der Waals surface area contributed by atoms with Gasteiger partial charge in [-0.1, -0.05) is 127 Å². The lowest BCUT2D eigenvalue weighted by Crippen LogP contribution is -2.00. The van der Waals surface area contributed by atoms with Crippen molar-refractivity contribution in [2.24, 2.45) is 0 Å². The first-order valence-corrected chi connectivity index (χ1v) is 18.9. The Morgan fingerprint density at radius 3 is 1.54 bits per heavy atom. The second-order valence-corrected chi connectivity index (χ2v) is 14.3. The summed E-state index contributed by atoms with van der Waals surface area (Å²) < 4.78 is 19.2. The molecule has 0 spiro atoms. The van der Waals surface area contributed by atoms with Gasteiger partial charge in [-0.25, -0.2) is 15.0 Å². The van der Waals surface area contributed by atoms with Crippen LogP contribution in [0.5, 0.6) is 0 Å². The molecule has 0 unspecified atom stereocenters. The minimum absolute atomic E-state index is 0.540. The molecule has 0 aliphatic carbocycles. The molecule has 0 aliphatic heterocycles. The van der Waals surface area contributed by atoms with E-state index in [0.29, 0.717) is 17.5 Å². The molecule has 0 saturated heterocycles. The number of benzene rings is 8. The van der Waals surface area contributed by atoms with Gasteiger partial charge in [-0.3, -0.25) is 0 Å². The monoisotopic (exact) mass is 731 g/mol. The van der Waals surface area contributed by atoms with Gasteiger partial charge in [0.1, 0.15) is 33.5 Å². The highest BCUT2D eigenvalue weighted by atomic mass is 16.3. The lowest BCUT2D eigenvalue weighted by Gasteiger charge is -2.10. The Balaban J connectivity index is 1.04. The molecule has 6 heteroatoms. The van der Waals surface area contributed by atoms with Gasteiger partial charge in [-0.15, -0.1) is 0 Å². The van der Waals surface area contributed by atoms with Crippen LogP contribution in [0.1, 0.15) is 0 Å². The molecular weight excluding hydrogens is 703 g/mol. The van der Waals surface area contributed by atoms with Gasteiger partial charge in [0.25, 0.3) is 0 Å². The van der Waals surface area contributed by atoms with E-state index in [1.807, 2.05) is 78.9 Å². The van der Waals surface area contributed by atoms with Crippen molar-refractivity contribution in [3.05, 3.63) is 176 Å². The van der Waals surface area contributed by atoms with Crippen LogP contribution in [0.4, 0.5) is 0 Å². The van der Waals surface area contributed by atoms with Crippen LogP contribution in [0, 0.1) is 0 Å². The van der Waals surface area contributed by atoms with E-state index >= 15 is 0 Å². The topological polar surface area (TPSA) is 78.1 Å². The van der Waals surface area contributed by atoms with Crippen molar-refractivity contribution in [1.82, 2.24) is 15.0 Å². The van der Waals surface area contributed by atoms with Crippen LogP contribution in [0.25, 0.3) is 122 Å². The third kappa shape index (κ3) is 5.08. The molecule has 4 aromatic heterocycles. The second-order valence-electron chi connectivity index (χ2n) is 14.3. The number of aromatic nitrogens is 3. The maximum Gasteiger partial charge on any atom is 0.164 e. The van der Waals surface area contributed by atoms with E-state index in [9.17, 15) is 0 Å². The molecule has 0 aliphatic rings. The Bertz CT molecular complexity index is 3540. The molecule has 6 nitrogen and oxygen atoms in total. The highest BCUT2D eigenvalue weighted by molar-refractivity contribution is 6.13. The van der Waals surface area contributed by atoms with Gasteiger partial charge in [0, 0.05) is 54.6 Å². The van der Waals surface area contributed by atoms with E-state index < -0.39 is 0 Å². The van der Waals surface area contributed by atoms with Gasteiger partial charge in [0.05, 0.1) is 0 Å². The number of fused-ring (bicyclic) bond motifs is 9. The number of hydrogen-bond acceptors (Lipinski definition) is 6. The summed E-state index contributed by atoms with van der Waals surface area (Å²) in [5.41, 5.74) is 11.7. The van der Waals surface area contributed by atoms with Crippen LogP contribution < -0.4 is 0 Å². The first-order chi connectivity index (χ1) is 28.2. The summed E-state index contributed by atoms with van der Waals surface area (Å²) in [6.07, 6.45) is 0. The molecule has 0 radical (unpaired) electrons. The minimum Gasteiger partial charge on any atom is -0.456 e. The number of hydrogen-bond donors (Lipinski definition) is 0. The van der Waals surface area contributed by atoms with E-state index in [0.717, 1.165) is 105 Å². The molecule has 57 heavy (non-hydrogen) atoms. The molecule has 4 heterocycles. The van der Waals surface area contributed by atoms with Crippen molar-refractivity contribution in [3.63, 3.8) is 0 Å². The van der Waals surface area contributed by atoms with Crippen LogP contribution >= 0.6 is 0 Å². The summed E-state index contributed by atoms with van der Waals surface area (Å²) in [6.45, 7) is 0. The predicted octanol–water partition coefficient (Wildman–Crippen LogP) is 13.9. The third-order valence-corrected chi connectivity index (χ3v) is 10.9. The van der Waals surface area contributed by atoms with Gasteiger partial charge in [-0.05, 0) is 65.2 Å². The van der Waals surface area contributed by atoms with Crippen molar-refractivity contribution in [3.8, 4) is 56.4 Å². The first kappa shape index (κ1) is 31.5. The molecule has 266 valence electrons. The first-order valence-electron chi connectivity index (χ1n) is 18.9. The number of para-hydroxylation sites is 3. The van der Waals surface area contributed by atoms with Crippen LogP contribution in [-0.2, 0) is 0 Å². The van der Waals surface area contributed by atoms with Crippen molar-refractivity contribution >= 4 is 65.8 Å². The average molecular weight is 732 g/mol. The fraction of sp³-hybridized carbons (Fsp3) is 0. The van der Waals surface area contributed by atoms with E-state index in [1.165, 1.54) is 0 Å². The Labute approximate surface area is 325 Å². The lowest BCUT2D eigenvalue weighted by atomic mass is 9.98. The van der Waals surface area contributed by atoms with Crippen molar-refractivity contribution in [2.45, 2.75) is 0 Å². The van der Waals surface area contributed by atoms with E-state index in [2.05, 4.69) is 97.1 Å². The second kappa shape index (κ2) is 12.3. The van der Waals surface area contributed by atoms with Gasteiger partial charge < -0.3 is 13.3 Å².